The van der Waals surface area contributed by atoms with E-state index in [1.54, 1.807) is 23.1 Å². The number of nitrogens with one attached hydrogen (secondary N) is 1. The monoisotopic (exact) mass is 424 g/mol. The molecule has 156 valence electrons. The number of hydrogen-bond acceptors (Lipinski definition) is 4. The maximum Gasteiger partial charge on any atom is 0.241 e. The molecule has 0 spiro atoms. The molecule has 0 atom stereocenters. The van der Waals surface area contributed by atoms with E-state index in [-0.39, 0.29) is 17.3 Å². The van der Waals surface area contributed by atoms with Gasteiger partial charge in [-0.3, -0.25) is 4.79 Å². The molecular formula is C23H24N2O4S. The second kappa shape index (κ2) is 8.45. The zero-order chi connectivity index (χ0) is 21.1. The summed E-state index contributed by atoms with van der Waals surface area (Å²) in [5, 5.41) is 1.39. The number of fused-ring (bicyclic) bond motifs is 1. The summed E-state index contributed by atoms with van der Waals surface area (Å²) in [5.74, 6) is 0.796. The number of ether oxygens (including phenoxy) is 1. The topological polar surface area (TPSA) is 75.7 Å². The van der Waals surface area contributed by atoms with Gasteiger partial charge in [0, 0.05) is 36.0 Å². The summed E-state index contributed by atoms with van der Waals surface area (Å²) in [6.45, 7) is 3.30. The summed E-state index contributed by atoms with van der Waals surface area (Å²) in [7, 11) is -3.72. The van der Waals surface area contributed by atoms with Gasteiger partial charge in [-0.05, 0) is 43.2 Å². The first-order chi connectivity index (χ1) is 14.5. The first-order valence-electron chi connectivity index (χ1n) is 10.0. The molecule has 1 fully saturated rings. The molecule has 6 nitrogen and oxygen atoms in total. The third-order valence-electron chi connectivity index (χ3n) is 5.22. The van der Waals surface area contributed by atoms with Gasteiger partial charge >= 0.3 is 0 Å². The van der Waals surface area contributed by atoms with Crippen LogP contribution in [0.3, 0.4) is 0 Å². The van der Waals surface area contributed by atoms with Crippen molar-refractivity contribution in [1.29, 1.82) is 0 Å². The number of sulfonamides is 1. The molecule has 1 N–H and O–H groups in total. The molecule has 0 saturated carbocycles. The lowest BCUT2D eigenvalue weighted by Crippen LogP contribution is -2.24. The Morgan fingerprint density at radius 1 is 1.00 bits per heavy atom. The summed E-state index contributed by atoms with van der Waals surface area (Å²) in [6, 6.07) is 18.0. The van der Waals surface area contributed by atoms with Crippen LogP contribution in [0, 0.1) is 0 Å². The van der Waals surface area contributed by atoms with Gasteiger partial charge < -0.3 is 9.64 Å². The van der Waals surface area contributed by atoms with Crippen molar-refractivity contribution in [2.75, 3.05) is 18.1 Å². The molecule has 1 aliphatic heterocycles. The standard InChI is InChI=1S/C23H24N2O4S/c1-2-29-21-13-14-22(20-7-4-3-6-19(20)21)30(27,28)24-16-17-9-11-18(12-10-17)25-15-5-8-23(25)26/h3-4,6-7,9-14,24H,2,5,8,15-16H2,1H3. The van der Waals surface area contributed by atoms with Crippen LogP contribution in [-0.4, -0.2) is 27.5 Å². The van der Waals surface area contributed by atoms with Crippen molar-refractivity contribution in [2.45, 2.75) is 31.2 Å². The van der Waals surface area contributed by atoms with Crippen molar-refractivity contribution in [3.05, 3.63) is 66.2 Å². The van der Waals surface area contributed by atoms with Gasteiger partial charge in [-0.2, -0.15) is 0 Å². The predicted octanol–water partition coefficient (Wildman–Crippen LogP) is 3.84. The van der Waals surface area contributed by atoms with Crippen LogP contribution in [0.5, 0.6) is 5.75 Å². The number of hydrogen-bond donors (Lipinski definition) is 1. The van der Waals surface area contributed by atoms with E-state index < -0.39 is 10.0 Å². The molecule has 0 unspecified atom stereocenters. The molecule has 4 rings (SSSR count). The third-order valence-corrected chi connectivity index (χ3v) is 6.68. The van der Waals surface area contributed by atoms with Crippen LogP contribution < -0.4 is 14.4 Å². The first kappa shape index (κ1) is 20.4. The zero-order valence-corrected chi connectivity index (χ0v) is 17.6. The molecule has 0 aliphatic carbocycles. The molecule has 30 heavy (non-hydrogen) atoms. The fourth-order valence-electron chi connectivity index (χ4n) is 3.73. The Labute approximate surface area is 176 Å². The molecule has 7 heteroatoms. The van der Waals surface area contributed by atoms with Crippen molar-refractivity contribution >= 4 is 32.4 Å². The second-order valence-electron chi connectivity index (χ2n) is 7.18. The predicted molar refractivity (Wildman–Crippen MR) is 117 cm³/mol. The molecule has 1 amide bonds. The number of benzene rings is 3. The second-order valence-corrected chi connectivity index (χ2v) is 8.92. The SMILES string of the molecule is CCOc1ccc(S(=O)(=O)NCc2ccc(N3CCCC3=O)cc2)c2ccccc12. The quantitative estimate of drug-likeness (QED) is 0.625. The largest absolute Gasteiger partial charge is 0.493 e. The van der Waals surface area contributed by atoms with Crippen LogP contribution in [0.15, 0.2) is 65.6 Å². The van der Waals surface area contributed by atoms with Crippen LogP contribution in [0.25, 0.3) is 10.8 Å². The molecule has 0 bridgehead atoms. The van der Waals surface area contributed by atoms with Crippen molar-refractivity contribution in [3.8, 4) is 5.75 Å². The van der Waals surface area contributed by atoms with Crippen LogP contribution in [-0.2, 0) is 21.4 Å². The third kappa shape index (κ3) is 4.04. The van der Waals surface area contributed by atoms with Crippen LogP contribution in [0.2, 0.25) is 0 Å². The number of carbonyl (C=O) groups excluding carboxylic acids is 1. The van der Waals surface area contributed by atoms with Gasteiger partial charge in [0.15, 0.2) is 0 Å². The van der Waals surface area contributed by atoms with Crippen molar-refractivity contribution in [2.24, 2.45) is 0 Å². The van der Waals surface area contributed by atoms with E-state index in [0.717, 1.165) is 29.6 Å². The molecule has 3 aromatic carbocycles. The highest BCUT2D eigenvalue weighted by Crippen LogP contribution is 2.31. The average Bonchev–Trinajstić information content (AvgIpc) is 3.19. The summed E-state index contributed by atoms with van der Waals surface area (Å²) in [5.41, 5.74) is 1.67. The number of rotatable bonds is 7. The van der Waals surface area contributed by atoms with E-state index in [4.69, 9.17) is 4.74 Å². The molecular weight excluding hydrogens is 400 g/mol. The van der Waals surface area contributed by atoms with E-state index in [2.05, 4.69) is 4.72 Å². The highest BCUT2D eigenvalue weighted by molar-refractivity contribution is 7.89. The number of nitrogens with zero attached hydrogens (tertiary/aromatic N) is 1. The Bertz CT molecular complexity index is 1170. The van der Waals surface area contributed by atoms with Crippen molar-refractivity contribution in [1.82, 2.24) is 4.72 Å². The van der Waals surface area contributed by atoms with E-state index in [1.807, 2.05) is 49.4 Å². The van der Waals surface area contributed by atoms with Crippen molar-refractivity contribution < 1.29 is 17.9 Å². The number of anilines is 1. The van der Waals surface area contributed by atoms with E-state index in [0.29, 0.717) is 24.2 Å². The number of amides is 1. The molecule has 3 aromatic rings. The van der Waals surface area contributed by atoms with Gasteiger partial charge in [-0.25, -0.2) is 13.1 Å². The molecule has 1 heterocycles. The Morgan fingerprint density at radius 2 is 1.73 bits per heavy atom. The molecule has 1 saturated heterocycles. The van der Waals surface area contributed by atoms with Gasteiger partial charge in [0.1, 0.15) is 5.75 Å². The smallest absolute Gasteiger partial charge is 0.241 e. The minimum Gasteiger partial charge on any atom is -0.493 e. The number of carbonyl (C=O) groups is 1. The lowest BCUT2D eigenvalue weighted by Gasteiger charge is -2.16. The molecule has 1 aliphatic rings. The Morgan fingerprint density at radius 3 is 2.40 bits per heavy atom. The fraction of sp³-hybridized carbons (Fsp3) is 0.261. The van der Waals surface area contributed by atoms with E-state index in [1.165, 1.54) is 0 Å². The lowest BCUT2D eigenvalue weighted by atomic mass is 10.1. The van der Waals surface area contributed by atoms with E-state index in [9.17, 15) is 13.2 Å². The lowest BCUT2D eigenvalue weighted by molar-refractivity contribution is -0.117. The summed E-state index contributed by atoms with van der Waals surface area (Å²) in [4.78, 5) is 13.9. The van der Waals surface area contributed by atoms with Gasteiger partial charge in [0.05, 0.1) is 11.5 Å². The van der Waals surface area contributed by atoms with Gasteiger partial charge in [-0.1, -0.05) is 36.4 Å². The normalized spacial score (nSPS) is 14.4. The fourth-order valence-corrected chi connectivity index (χ4v) is 4.96. The van der Waals surface area contributed by atoms with Gasteiger partial charge in [0.2, 0.25) is 15.9 Å². The first-order valence-corrected chi connectivity index (χ1v) is 11.5. The minimum atomic E-state index is -3.72. The summed E-state index contributed by atoms with van der Waals surface area (Å²) in [6.07, 6.45) is 1.45. The summed E-state index contributed by atoms with van der Waals surface area (Å²) >= 11 is 0. The zero-order valence-electron chi connectivity index (χ0n) is 16.8. The van der Waals surface area contributed by atoms with Crippen LogP contribution in [0.1, 0.15) is 25.3 Å². The maximum absolute atomic E-state index is 13.0. The molecule has 0 radical (unpaired) electrons. The highest BCUT2D eigenvalue weighted by atomic mass is 32.2. The maximum atomic E-state index is 13.0. The Hall–Kier alpha value is -2.90. The van der Waals surface area contributed by atoms with E-state index >= 15 is 0 Å². The molecule has 0 aromatic heterocycles. The highest BCUT2D eigenvalue weighted by Gasteiger charge is 2.22. The van der Waals surface area contributed by atoms with Crippen LogP contribution in [0.4, 0.5) is 5.69 Å². The Kier molecular flexibility index (Phi) is 5.74. The van der Waals surface area contributed by atoms with Crippen LogP contribution >= 0.6 is 0 Å². The minimum absolute atomic E-state index is 0.130. The summed E-state index contributed by atoms with van der Waals surface area (Å²) < 4.78 is 34.3. The van der Waals surface area contributed by atoms with Gasteiger partial charge in [0.25, 0.3) is 0 Å². The Balaban J connectivity index is 1.54. The average molecular weight is 425 g/mol. The van der Waals surface area contributed by atoms with Crippen molar-refractivity contribution in [3.63, 3.8) is 0 Å². The van der Waals surface area contributed by atoms with Gasteiger partial charge in [-0.15, -0.1) is 0 Å².